The lowest BCUT2D eigenvalue weighted by molar-refractivity contribution is 0.104. The molecule has 0 fully saturated rings. The van der Waals surface area contributed by atoms with E-state index in [1.165, 1.54) is 0 Å². The number of aromatic nitrogens is 1. The van der Waals surface area contributed by atoms with Gasteiger partial charge in [0, 0.05) is 23.0 Å². The van der Waals surface area contributed by atoms with Crippen molar-refractivity contribution in [2.75, 3.05) is 23.9 Å². The second-order valence-electron chi connectivity index (χ2n) is 9.22. The lowest BCUT2D eigenvalue weighted by Gasteiger charge is -2.22. The molecule has 0 unspecified atom stereocenters. The number of anilines is 3. The van der Waals surface area contributed by atoms with Crippen LogP contribution in [0.2, 0.25) is 19.6 Å². The van der Waals surface area contributed by atoms with E-state index in [-0.39, 0.29) is 5.78 Å². The summed E-state index contributed by atoms with van der Waals surface area (Å²) < 4.78 is 11.1. The van der Waals surface area contributed by atoms with E-state index in [1.54, 1.807) is 7.11 Å². The van der Waals surface area contributed by atoms with Gasteiger partial charge in [-0.05, 0) is 30.3 Å². The van der Waals surface area contributed by atoms with Crippen LogP contribution in [0.1, 0.15) is 15.9 Å². The van der Waals surface area contributed by atoms with Gasteiger partial charge in [-0.3, -0.25) is 4.79 Å². The van der Waals surface area contributed by atoms with Gasteiger partial charge in [-0.25, -0.2) is 0 Å². The fourth-order valence-corrected chi connectivity index (χ4v) is 4.70. The Morgan fingerprint density at radius 1 is 1.00 bits per heavy atom. The third-order valence-electron chi connectivity index (χ3n) is 5.58. The molecule has 7 heteroatoms. The summed E-state index contributed by atoms with van der Waals surface area (Å²) in [6, 6.07) is 17.1. The first-order chi connectivity index (χ1) is 15.4. The van der Waals surface area contributed by atoms with Gasteiger partial charge in [0.05, 0.1) is 37.5 Å². The van der Waals surface area contributed by atoms with Gasteiger partial charge in [-0.15, -0.1) is 0 Å². The van der Waals surface area contributed by atoms with Crippen molar-refractivity contribution in [1.29, 1.82) is 0 Å². The first kappa shape index (κ1) is 20.3. The molecule has 3 aromatic carbocycles. The Kier molecular flexibility index (Phi) is 4.78. The van der Waals surface area contributed by atoms with Gasteiger partial charge in [-0.2, -0.15) is 0 Å². The second-order valence-corrected chi connectivity index (χ2v) is 14.7. The molecule has 0 spiro atoms. The quantitative estimate of drug-likeness (QED) is 0.310. The number of hydrogen-bond donors (Lipinski definition) is 2. The number of ketones is 1. The summed E-state index contributed by atoms with van der Waals surface area (Å²) >= 11 is 0. The number of carbonyl (C=O) groups is 1. The Bertz CT molecular complexity index is 1340. The van der Waals surface area contributed by atoms with Crippen molar-refractivity contribution in [2.45, 2.75) is 19.6 Å². The average Bonchev–Trinajstić information content (AvgIpc) is 3.22. The van der Waals surface area contributed by atoms with E-state index in [1.807, 2.05) is 54.6 Å². The van der Waals surface area contributed by atoms with Crippen LogP contribution in [0.5, 0.6) is 5.75 Å². The minimum Gasteiger partial charge on any atom is -0.497 e. The van der Waals surface area contributed by atoms with E-state index in [4.69, 9.17) is 9.26 Å². The van der Waals surface area contributed by atoms with E-state index in [0.29, 0.717) is 22.4 Å². The zero-order valence-corrected chi connectivity index (χ0v) is 19.6. The van der Waals surface area contributed by atoms with Gasteiger partial charge < -0.3 is 19.9 Å². The summed E-state index contributed by atoms with van der Waals surface area (Å²) in [5.74, 6) is 1.38. The zero-order valence-electron chi connectivity index (χ0n) is 18.6. The molecule has 162 valence electrons. The predicted molar refractivity (Wildman–Crippen MR) is 131 cm³/mol. The van der Waals surface area contributed by atoms with Gasteiger partial charge in [-0.1, -0.05) is 49.1 Å². The van der Waals surface area contributed by atoms with E-state index in [0.717, 1.165) is 39.9 Å². The highest BCUT2D eigenvalue weighted by Crippen LogP contribution is 2.45. The normalized spacial score (nSPS) is 12.6. The van der Waals surface area contributed by atoms with Crippen molar-refractivity contribution in [2.24, 2.45) is 0 Å². The molecule has 1 heterocycles. The molecular formula is C25H25N3O3Si. The maximum atomic E-state index is 13.6. The fraction of sp³-hybridized carbons (Fsp3) is 0.200. The van der Waals surface area contributed by atoms with Gasteiger partial charge in [0.2, 0.25) is 0 Å². The highest BCUT2D eigenvalue weighted by atomic mass is 28.3. The van der Waals surface area contributed by atoms with Crippen LogP contribution in [0.15, 0.2) is 59.1 Å². The number of hydrogen-bond acceptors (Lipinski definition) is 6. The van der Waals surface area contributed by atoms with Crippen LogP contribution in [-0.4, -0.2) is 32.3 Å². The third-order valence-corrected chi connectivity index (χ3v) is 6.81. The summed E-state index contributed by atoms with van der Waals surface area (Å²) in [6.45, 7) is 6.91. The minimum absolute atomic E-state index is 0.0333. The standard InChI is InChI=1S/C25H25N3O3Si/c1-30-16-11-9-15(10-12-16)27-19-13-20(26-14-32(2,3)4)23-22-21(19)24(29)17-7-5-6-8-18(17)25(22)31-28-23/h5-13,26-27H,14H2,1-4H3. The van der Waals surface area contributed by atoms with Crippen LogP contribution in [0.4, 0.5) is 17.1 Å². The number of rotatable bonds is 6. The SMILES string of the molecule is COc1ccc(Nc2cc(NC[Si](C)(C)C)c3noc4c3c2C(=O)c2ccccc2-4)cc1. The zero-order chi connectivity index (χ0) is 22.5. The molecular weight excluding hydrogens is 418 g/mol. The molecule has 6 nitrogen and oxygen atoms in total. The molecule has 4 aromatic rings. The van der Waals surface area contributed by atoms with Crippen molar-refractivity contribution in [3.63, 3.8) is 0 Å². The summed E-state index contributed by atoms with van der Waals surface area (Å²) in [5, 5.41) is 12.1. The summed E-state index contributed by atoms with van der Waals surface area (Å²) in [6.07, 6.45) is 0.885. The second kappa shape index (κ2) is 7.53. The van der Waals surface area contributed by atoms with E-state index in [9.17, 15) is 4.79 Å². The van der Waals surface area contributed by atoms with Gasteiger partial charge in [0.1, 0.15) is 11.3 Å². The van der Waals surface area contributed by atoms with Crippen molar-refractivity contribution in [3.05, 3.63) is 65.7 Å². The predicted octanol–water partition coefficient (Wildman–Crippen LogP) is 6.08. The molecule has 0 saturated carbocycles. The van der Waals surface area contributed by atoms with Gasteiger partial charge in [0.25, 0.3) is 0 Å². The monoisotopic (exact) mass is 443 g/mol. The summed E-state index contributed by atoms with van der Waals surface area (Å²) in [7, 11) is 0.267. The van der Waals surface area contributed by atoms with Crippen molar-refractivity contribution in [3.8, 4) is 17.1 Å². The Labute approximate surface area is 187 Å². The number of ether oxygens (including phenoxy) is 1. The molecule has 0 amide bonds. The number of fused-ring (bicyclic) bond motifs is 2. The maximum Gasteiger partial charge on any atom is 0.196 e. The number of nitrogens with zero attached hydrogens (tertiary/aromatic N) is 1. The Morgan fingerprint density at radius 2 is 1.72 bits per heavy atom. The molecule has 1 aliphatic carbocycles. The average molecular weight is 444 g/mol. The van der Waals surface area contributed by atoms with Crippen molar-refractivity contribution >= 4 is 41.8 Å². The molecule has 2 N–H and O–H groups in total. The molecule has 0 atom stereocenters. The van der Waals surface area contributed by atoms with Crippen LogP contribution in [0, 0.1) is 0 Å². The van der Waals surface area contributed by atoms with Crippen LogP contribution in [0.25, 0.3) is 22.2 Å². The number of carbonyl (C=O) groups excluding carboxylic acids is 1. The van der Waals surface area contributed by atoms with E-state index < -0.39 is 8.07 Å². The first-order valence-electron chi connectivity index (χ1n) is 10.6. The van der Waals surface area contributed by atoms with E-state index in [2.05, 4.69) is 35.4 Å². The molecule has 32 heavy (non-hydrogen) atoms. The number of methoxy groups -OCH3 is 1. The lowest BCUT2D eigenvalue weighted by atomic mass is 9.86. The fourth-order valence-electron chi connectivity index (χ4n) is 3.98. The molecule has 0 saturated heterocycles. The minimum atomic E-state index is -1.37. The third kappa shape index (κ3) is 3.44. The topological polar surface area (TPSA) is 76.4 Å². The first-order valence-corrected chi connectivity index (χ1v) is 14.3. The highest BCUT2D eigenvalue weighted by molar-refractivity contribution is 6.76. The number of benzene rings is 3. The van der Waals surface area contributed by atoms with Crippen molar-refractivity contribution in [1.82, 2.24) is 5.16 Å². The maximum absolute atomic E-state index is 13.6. The van der Waals surface area contributed by atoms with Crippen molar-refractivity contribution < 1.29 is 14.1 Å². The molecule has 0 bridgehead atoms. The molecule has 1 aromatic heterocycles. The van der Waals surface area contributed by atoms with Crippen LogP contribution in [-0.2, 0) is 0 Å². The molecule has 0 radical (unpaired) electrons. The molecule has 1 aliphatic rings. The van der Waals surface area contributed by atoms with Crippen LogP contribution < -0.4 is 15.4 Å². The summed E-state index contributed by atoms with van der Waals surface area (Å²) in [5.41, 5.74) is 5.14. The van der Waals surface area contributed by atoms with Crippen LogP contribution >= 0.6 is 0 Å². The highest BCUT2D eigenvalue weighted by Gasteiger charge is 2.33. The van der Waals surface area contributed by atoms with Crippen LogP contribution in [0.3, 0.4) is 0 Å². The Balaban J connectivity index is 1.70. The molecule has 0 aliphatic heterocycles. The summed E-state index contributed by atoms with van der Waals surface area (Å²) in [4.78, 5) is 13.6. The smallest absolute Gasteiger partial charge is 0.196 e. The largest absolute Gasteiger partial charge is 0.497 e. The lowest BCUT2D eigenvalue weighted by Crippen LogP contribution is -2.31. The van der Waals surface area contributed by atoms with E-state index >= 15 is 0 Å². The Hall–Kier alpha value is -3.58. The van der Waals surface area contributed by atoms with Gasteiger partial charge in [0.15, 0.2) is 11.5 Å². The molecule has 5 rings (SSSR count). The van der Waals surface area contributed by atoms with Gasteiger partial charge >= 0.3 is 0 Å². The number of nitrogens with one attached hydrogen (secondary N) is 2. The Morgan fingerprint density at radius 3 is 2.41 bits per heavy atom.